The Morgan fingerprint density at radius 1 is 0.259 bits per heavy atom. The smallest absolute Gasteiger partial charge is 0.306 e. The summed E-state index contributed by atoms with van der Waals surface area (Å²) in [6.45, 7) is 6.49. The lowest BCUT2D eigenvalue weighted by Crippen LogP contribution is -2.30. The fourth-order valence-corrected chi connectivity index (χ4v) is 9.33. The summed E-state index contributed by atoms with van der Waals surface area (Å²) in [5.41, 5.74) is 0. The van der Waals surface area contributed by atoms with Crippen molar-refractivity contribution in [3.63, 3.8) is 0 Å². The van der Waals surface area contributed by atoms with Gasteiger partial charge in [-0.05, 0) is 135 Å². The lowest BCUT2D eigenvalue weighted by Gasteiger charge is -2.18. The molecule has 81 heavy (non-hydrogen) atoms. The maximum atomic E-state index is 12.9. The monoisotopic (exact) mass is 1120 g/mol. The van der Waals surface area contributed by atoms with E-state index >= 15 is 0 Å². The normalized spacial score (nSPS) is 12.9. The summed E-state index contributed by atoms with van der Waals surface area (Å²) >= 11 is 0. The van der Waals surface area contributed by atoms with Gasteiger partial charge in [-0.15, -0.1) is 0 Å². The molecule has 0 saturated carbocycles. The molecule has 0 aromatic carbocycles. The minimum absolute atomic E-state index is 0.0875. The molecule has 0 aromatic rings. The zero-order valence-corrected chi connectivity index (χ0v) is 53.0. The summed E-state index contributed by atoms with van der Waals surface area (Å²) in [6.07, 6.45) is 94.8. The van der Waals surface area contributed by atoms with E-state index < -0.39 is 6.10 Å². The number of hydrogen-bond acceptors (Lipinski definition) is 6. The molecule has 0 heterocycles. The number of unbranched alkanes of at least 4 members (excludes halogenated alkanes) is 30. The molecule has 0 fully saturated rings. The Bertz CT molecular complexity index is 1670. The minimum Gasteiger partial charge on any atom is -0.462 e. The first-order valence-electron chi connectivity index (χ1n) is 34.0. The van der Waals surface area contributed by atoms with Gasteiger partial charge in [0.15, 0.2) is 6.10 Å². The Morgan fingerprint density at radius 2 is 0.481 bits per heavy atom. The van der Waals surface area contributed by atoms with Crippen LogP contribution in [-0.2, 0) is 28.6 Å². The molecule has 0 rings (SSSR count). The van der Waals surface area contributed by atoms with Crippen molar-refractivity contribution in [3.05, 3.63) is 122 Å². The Hall–Kier alpha value is -4.19. The molecule has 0 spiro atoms. The Kier molecular flexibility index (Phi) is 64.8. The molecular formula is C75H126O6. The van der Waals surface area contributed by atoms with Gasteiger partial charge in [-0.25, -0.2) is 0 Å². The van der Waals surface area contributed by atoms with Gasteiger partial charge in [0.05, 0.1) is 0 Å². The number of ether oxygens (including phenoxy) is 3. The van der Waals surface area contributed by atoms with E-state index in [9.17, 15) is 14.4 Å². The molecule has 462 valence electrons. The average Bonchev–Trinajstić information content (AvgIpc) is 3.47. The zero-order valence-electron chi connectivity index (χ0n) is 53.0. The van der Waals surface area contributed by atoms with Crippen molar-refractivity contribution in [2.24, 2.45) is 0 Å². The summed E-state index contributed by atoms with van der Waals surface area (Å²) in [7, 11) is 0. The van der Waals surface area contributed by atoms with Crippen molar-refractivity contribution in [1.82, 2.24) is 0 Å². The van der Waals surface area contributed by atoms with E-state index in [1.807, 2.05) is 0 Å². The van der Waals surface area contributed by atoms with E-state index in [-0.39, 0.29) is 31.1 Å². The molecule has 1 atom stereocenters. The summed E-state index contributed by atoms with van der Waals surface area (Å²) in [5.74, 6) is -0.898. The highest BCUT2D eigenvalue weighted by atomic mass is 16.6. The third-order valence-corrected chi connectivity index (χ3v) is 14.4. The van der Waals surface area contributed by atoms with Gasteiger partial charge >= 0.3 is 17.9 Å². The molecule has 0 aromatic heterocycles. The Morgan fingerprint density at radius 3 is 0.753 bits per heavy atom. The summed E-state index contributed by atoms with van der Waals surface area (Å²) < 4.78 is 17.0. The van der Waals surface area contributed by atoms with Gasteiger partial charge in [-0.1, -0.05) is 284 Å². The lowest BCUT2D eigenvalue weighted by molar-refractivity contribution is -0.167. The molecule has 0 N–H and O–H groups in total. The first-order valence-corrected chi connectivity index (χ1v) is 34.0. The molecule has 6 nitrogen and oxygen atoms in total. The van der Waals surface area contributed by atoms with Crippen molar-refractivity contribution < 1.29 is 28.6 Å². The van der Waals surface area contributed by atoms with Gasteiger partial charge < -0.3 is 14.2 Å². The van der Waals surface area contributed by atoms with E-state index in [1.165, 1.54) is 154 Å². The van der Waals surface area contributed by atoms with Gasteiger partial charge in [-0.3, -0.25) is 14.4 Å². The van der Waals surface area contributed by atoms with Crippen molar-refractivity contribution in [2.75, 3.05) is 13.2 Å². The minimum atomic E-state index is -0.792. The fourth-order valence-electron chi connectivity index (χ4n) is 9.33. The molecule has 0 amide bonds. The van der Waals surface area contributed by atoms with E-state index in [4.69, 9.17) is 14.2 Å². The van der Waals surface area contributed by atoms with Crippen LogP contribution in [0.5, 0.6) is 0 Å². The first kappa shape index (κ1) is 76.8. The van der Waals surface area contributed by atoms with E-state index in [0.717, 1.165) is 122 Å². The topological polar surface area (TPSA) is 78.9 Å². The zero-order chi connectivity index (χ0) is 58.5. The van der Waals surface area contributed by atoms with Crippen LogP contribution in [0.15, 0.2) is 122 Å². The number of rotatable bonds is 61. The molecular weight excluding hydrogens is 997 g/mol. The van der Waals surface area contributed by atoms with Crippen molar-refractivity contribution in [1.29, 1.82) is 0 Å². The van der Waals surface area contributed by atoms with Crippen LogP contribution >= 0.6 is 0 Å². The molecule has 0 saturated heterocycles. The van der Waals surface area contributed by atoms with Gasteiger partial charge in [-0.2, -0.15) is 0 Å². The highest BCUT2D eigenvalue weighted by Gasteiger charge is 2.19. The Labute approximate surface area is 501 Å². The standard InChI is InChI=1S/C75H126O6/c1-4-7-10-13-16-19-22-25-28-31-33-34-35-36-37-38-39-40-42-44-47-50-53-56-59-62-65-68-74(77)80-71-72(70-79-73(76)67-64-61-58-55-52-49-46-43-30-27-24-21-18-15-12-9-6-3)81-75(78)69-66-63-60-57-54-51-48-45-41-32-29-26-23-20-17-14-11-8-5-2/h7,10,16-21,25-30,33-34,36-37,39-40,72H,4-6,8-9,11-15,22-24,31-32,35,38,41-71H2,1-3H3/b10-7-,19-16-,20-17-,21-18-,28-25-,29-26-,30-27-,34-33-,37-36-,40-39-. The number of allylic oxidation sites excluding steroid dienone is 20. The number of esters is 3. The van der Waals surface area contributed by atoms with Crippen LogP contribution in [0.2, 0.25) is 0 Å². The van der Waals surface area contributed by atoms with Crippen LogP contribution in [0.1, 0.15) is 316 Å². The molecule has 0 aliphatic carbocycles. The second-order valence-electron chi connectivity index (χ2n) is 22.3. The molecule has 0 bridgehead atoms. The molecule has 6 heteroatoms. The largest absolute Gasteiger partial charge is 0.462 e. The second kappa shape index (κ2) is 68.3. The molecule has 1 unspecified atom stereocenters. The van der Waals surface area contributed by atoms with E-state index in [2.05, 4.69) is 142 Å². The third kappa shape index (κ3) is 66.5. The van der Waals surface area contributed by atoms with Crippen molar-refractivity contribution in [2.45, 2.75) is 322 Å². The molecule has 0 aliphatic heterocycles. The van der Waals surface area contributed by atoms with Crippen LogP contribution in [-0.4, -0.2) is 37.2 Å². The first-order chi connectivity index (χ1) is 40.0. The van der Waals surface area contributed by atoms with Crippen LogP contribution < -0.4 is 0 Å². The molecule has 0 aliphatic rings. The Balaban J connectivity index is 4.39. The summed E-state index contributed by atoms with van der Waals surface area (Å²) in [6, 6.07) is 0. The molecule has 0 radical (unpaired) electrons. The fraction of sp³-hybridized carbons (Fsp3) is 0.693. The SMILES string of the molecule is CC/C=C\C/C=C\C/C=C\C/C=C\C/C=C\C/C=C\CCCCCCCCCCC(=O)OCC(COC(=O)CCCCCCCCC/C=C\C/C=C\CCCCC)OC(=O)CCCCCCCCCCC/C=C\C/C=C\CCCCC. The summed E-state index contributed by atoms with van der Waals surface area (Å²) in [4.78, 5) is 38.4. The quantitative estimate of drug-likeness (QED) is 0.0261. The highest BCUT2D eigenvalue weighted by Crippen LogP contribution is 2.16. The van der Waals surface area contributed by atoms with Gasteiger partial charge in [0.25, 0.3) is 0 Å². The lowest BCUT2D eigenvalue weighted by atomic mass is 10.1. The van der Waals surface area contributed by atoms with E-state index in [0.29, 0.717) is 19.3 Å². The average molecular weight is 1120 g/mol. The predicted molar refractivity (Wildman–Crippen MR) is 353 cm³/mol. The maximum Gasteiger partial charge on any atom is 0.306 e. The van der Waals surface area contributed by atoms with E-state index in [1.54, 1.807) is 0 Å². The van der Waals surface area contributed by atoms with Crippen LogP contribution in [0.25, 0.3) is 0 Å². The van der Waals surface area contributed by atoms with Crippen LogP contribution in [0.3, 0.4) is 0 Å². The van der Waals surface area contributed by atoms with Gasteiger partial charge in [0.1, 0.15) is 13.2 Å². The third-order valence-electron chi connectivity index (χ3n) is 14.4. The van der Waals surface area contributed by atoms with Crippen molar-refractivity contribution >= 4 is 17.9 Å². The van der Waals surface area contributed by atoms with Gasteiger partial charge in [0, 0.05) is 19.3 Å². The van der Waals surface area contributed by atoms with Gasteiger partial charge in [0.2, 0.25) is 0 Å². The number of carbonyl (C=O) groups excluding carboxylic acids is 3. The highest BCUT2D eigenvalue weighted by molar-refractivity contribution is 5.71. The second-order valence-corrected chi connectivity index (χ2v) is 22.3. The summed E-state index contributed by atoms with van der Waals surface area (Å²) in [5, 5.41) is 0. The van der Waals surface area contributed by atoms with Crippen molar-refractivity contribution in [3.8, 4) is 0 Å². The van der Waals surface area contributed by atoms with Crippen LogP contribution in [0.4, 0.5) is 0 Å². The number of hydrogen-bond donors (Lipinski definition) is 0. The number of carbonyl (C=O) groups is 3. The maximum absolute atomic E-state index is 12.9. The van der Waals surface area contributed by atoms with Crippen LogP contribution in [0, 0.1) is 0 Å². The predicted octanol–water partition coefficient (Wildman–Crippen LogP) is 23.6.